The molecule has 1 aliphatic rings. The van der Waals surface area contributed by atoms with Crippen LogP contribution in [-0.4, -0.2) is 31.4 Å². The molecule has 0 spiro atoms. The first kappa shape index (κ1) is 13.0. The van der Waals surface area contributed by atoms with E-state index in [4.69, 9.17) is 21.1 Å². The van der Waals surface area contributed by atoms with Crippen molar-refractivity contribution in [2.75, 3.05) is 20.3 Å². The number of methoxy groups -OCH3 is 1. The summed E-state index contributed by atoms with van der Waals surface area (Å²) in [6.45, 7) is 2.58. The van der Waals surface area contributed by atoms with Gasteiger partial charge in [-0.05, 0) is 6.92 Å². The van der Waals surface area contributed by atoms with E-state index >= 15 is 0 Å². The van der Waals surface area contributed by atoms with Gasteiger partial charge in [-0.15, -0.1) is 0 Å². The van der Waals surface area contributed by atoms with E-state index in [0.29, 0.717) is 30.3 Å². The van der Waals surface area contributed by atoms with Crippen molar-refractivity contribution in [1.29, 1.82) is 0 Å². The molecule has 0 radical (unpaired) electrons. The summed E-state index contributed by atoms with van der Waals surface area (Å²) in [4.78, 5) is 11.4. The quantitative estimate of drug-likeness (QED) is 0.829. The predicted molar refractivity (Wildman–Crippen MR) is 64.2 cm³/mol. The number of aliphatic hydroxyl groups excluding tert-OH is 1. The Morgan fingerprint density at radius 3 is 2.83 bits per heavy atom. The zero-order chi connectivity index (χ0) is 13.3. The first-order valence-corrected chi connectivity index (χ1v) is 5.78. The summed E-state index contributed by atoms with van der Waals surface area (Å²) in [7, 11) is 1.20. The van der Waals surface area contributed by atoms with Crippen molar-refractivity contribution in [1.82, 2.24) is 0 Å². The van der Waals surface area contributed by atoms with Gasteiger partial charge in [-0.3, -0.25) is 0 Å². The van der Waals surface area contributed by atoms with E-state index in [-0.39, 0.29) is 10.6 Å². The van der Waals surface area contributed by atoms with E-state index < -0.39 is 12.1 Å². The maximum atomic E-state index is 11.4. The lowest BCUT2D eigenvalue weighted by Gasteiger charge is -2.23. The molecule has 2 rings (SSSR count). The highest BCUT2D eigenvalue weighted by Gasteiger charge is 2.28. The third-order valence-corrected chi connectivity index (χ3v) is 3.08. The van der Waals surface area contributed by atoms with Gasteiger partial charge < -0.3 is 19.3 Å². The van der Waals surface area contributed by atoms with Crippen LogP contribution in [0, 0.1) is 6.92 Å². The minimum atomic E-state index is -1.43. The maximum absolute atomic E-state index is 11.4. The van der Waals surface area contributed by atoms with Crippen molar-refractivity contribution >= 4 is 17.6 Å². The topological polar surface area (TPSA) is 65.0 Å². The fraction of sp³-hybridized carbons (Fsp3) is 0.417. The zero-order valence-corrected chi connectivity index (χ0v) is 10.8. The third kappa shape index (κ3) is 2.11. The summed E-state index contributed by atoms with van der Waals surface area (Å²) in [5.74, 6) is 0.254. The van der Waals surface area contributed by atoms with Gasteiger partial charge in [0.05, 0.1) is 12.1 Å². The fourth-order valence-electron chi connectivity index (χ4n) is 1.89. The number of ether oxygens (including phenoxy) is 3. The molecule has 0 saturated heterocycles. The van der Waals surface area contributed by atoms with Crippen LogP contribution in [0.15, 0.2) is 6.07 Å². The van der Waals surface area contributed by atoms with Crippen molar-refractivity contribution < 1.29 is 24.1 Å². The van der Waals surface area contributed by atoms with Gasteiger partial charge >= 0.3 is 5.97 Å². The normalized spacial score (nSPS) is 15.1. The summed E-state index contributed by atoms with van der Waals surface area (Å²) in [6.07, 6.45) is -1.43. The number of carbonyl (C=O) groups is 1. The molecule has 1 heterocycles. The van der Waals surface area contributed by atoms with Gasteiger partial charge in [0.15, 0.2) is 17.6 Å². The van der Waals surface area contributed by atoms with Crippen LogP contribution in [0.25, 0.3) is 0 Å². The Hall–Kier alpha value is -1.46. The number of benzene rings is 1. The van der Waals surface area contributed by atoms with Gasteiger partial charge in [0.25, 0.3) is 0 Å². The molecule has 0 amide bonds. The lowest BCUT2D eigenvalue weighted by atomic mass is 10.0. The van der Waals surface area contributed by atoms with Crippen LogP contribution in [0.2, 0.25) is 5.02 Å². The second-order valence-electron chi connectivity index (χ2n) is 3.85. The van der Waals surface area contributed by atoms with E-state index in [2.05, 4.69) is 4.74 Å². The second kappa shape index (κ2) is 5.04. The Morgan fingerprint density at radius 2 is 2.17 bits per heavy atom. The van der Waals surface area contributed by atoms with E-state index in [9.17, 15) is 9.90 Å². The van der Waals surface area contributed by atoms with Crippen LogP contribution in [0.1, 0.15) is 17.2 Å². The van der Waals surface area contributed by atoms with Crippen molar-refractivity contribution in [3.05, 3.63) is 22.2 Å². The van der Waals surface area contributed by atoms with Crippen molar-refractivity contribution in [2.24, 2.45) is 0 Å². The number of hydrogen-bond acceptors (Lipinski definition) is 5. The smallest absolute Gasteiger partial charge is 0.339 e. The lowest BCUT2D eigenvalue weighted by Crippen LogP contribution is -2.19. The molecule has 18 heavy (non-hydrogen) atoms. The predicted octanol–water partition coefficient (Wildman–Crippen LogP) is 1.63. The molecule has 0 aromatic heterocycles. The van der Waals surface area contributed by atoms with Crippen molar-refractivity contribution in [2.45, 2.75) is 13.0 Å². The SMILES string of the molecule is COC(=O)C(O)c1c(Cl)cc2c(c1C)OCCO2. The van der Waals surface area contributed by atoms with Gasteiger partial charge in [0.1, 0.15) is 13.2 Å². The monoisotopic (exact) mass is 272 g/mol. The van der Waals surface area contributed by atoms with Gasteiger partial charge in [0, 0.05) is 17.2 Å². The molecule has 6 heteroatoms. The molecule has 1 N–H and O–H groups in total. The van der Waals surface area contributed by atoms with E-state index in [0.717, 1.165) is 0 Å². The van der Waals surface area contributed by atoms with Crippen LogP contribution in [0.5, 0.6) is 11.5 Å². The highest BCUT2D eigenvalue weighted by atomic mass is 35.5. The van der Waals surface area contributed by atoms with Crippen molar-refractivity contribution in [3.63, 3.8) is 0 Å². The fourth-order valence-corrected chi connectivity index (χ4v) is 2.24. The first-order valence-electron chi connectivity index (χ1n) is 5.40. The summed E-state index contributed by atoms with van der Waals surface area (Å²) in [5.41, 5.74) is 0.864. The number of aliphatic hydroxyl groups is 1. The van der Waals surface area contributed by atoms with Gasteiger partial charge in [-0.25, -0.2) is 4.79 Å². The number of halogens is 1. The molecular formula is C12H13ClO5. The molecular weight excluding hydrogens is 260 g/mol. The number of carbonyl (C=O) groups excluding carboxylic acids is 1. The number of hydrogen-bond donors (Lipinski definition) is 1. The molecule has 1 unspecified atom stereocenters. The van der Waals surface area contributed by atoms with Crippen LogP contribution < -0.4 is 9.47 Å². The first-order chi connectivity index (χ1) is 8.56. The Balaban J connectivity index is 2.51. The molecule has 1 atom stereocenters. The summed E-state index contributed by atoms with van der Waals surface area (Å²) in [5, 5.41) is 10.1. The lowest BCUT2D eigenvalue weighted by molar-refractivity contribution is -0.150. The van der Waals surface area contributed by atoms with Gasteiger partial charge in [-0.1, -0.05) is 11.6 Å². The van der Waals surface area contributed by atoms with Crippen LogP contribution in [-0.2, 0) is 9.53 Å². The highest BCUT2D eigenvalue weighted by Crippen LogP contribution is 2.41. The molecule has 1 aromatic rings. The molecule has 1 aliphatic heterocycles. The molecule has 0 aliphatic carbocycles. The van der Waals surface area contributed by atoms with Crippen LogP contribution >= 0.6 is 11.6 Å². The number of fused-ring (bicyclic) bond motifs is 1. The minimum Gasteiger partial charge on any atom is -0.486 e. The highest BCUT2D eigenvalue weighted by molar-refractivity contribution is 6.32. The number of rotatable bonds is 2. The summed E-state index contributed by atoms with van der Waals surface area (Å²) < 4.78 is 15.4. The largest absolute Gasteiger partial charge is 0.486 e. The van der Waals surface area contributed by atoms with Gasteiger partial charge in [-0.2, -0.15) is 0 Å². The standard InChI is InChI=1S/C12H13ClO5/c1-6-9(10(14)12(15)16-2)7(13)5-8-11(6)18-4-3-17-8/h5,10,14H,3-4H2,1-2H3. The molecule has 0 bridgehead atoms. The molecule has 0 fully saturated rings. The Morgan fingerprint density at radius 1 is 1.50 bits per heavy atom. The molecule has 98 valence electrons. The minimum absolute atomic E-state index is 0.245. The summed E-state index contributed by atoms with van der Waals surface area (Å²) in [6, 6.07) is 1.53. The average Bonchev–Trinajstić information content (AvgIpc) is 2.37. The molecule has 0 saturated carbocycles. The van der Waals surface area contributed by atoms with E-state index in [1.54, 1.807) is 6.92 Å². The Bertz CT molecular complexity index is 486. The van der Waals surface area contributed by atoms with Crippen molar-refractivity contribution in [3.8, 4) is 11.5 Å². The zero-order valence-electron chi connectivity index (χ0n) is 10.0. The Labute approximate surface area is 109 Å². The van der Waals surface area contributed by atoms with Crippen LogP contribution in [0.3, 0.4) is 0 Å². The van der Waals surface area contributed by atoms with E-state index in [1.807, 2.05) is 0 Å². The molecule has 1 aromatic carbocycles. The maximum Gasteiger partial charge on any atom is 0.339 e. The molecule has 5 nitrogen and oxygen atoms in total. The summed E-state index contributed by atoms with van der Waals surface area (Å²) >= 11 is 6.06. The van der Waals surface area contributed by atoms with Crippen LogP contribution in [0.4, 0.5) is 0 Å². The van der Waals surface area contributed by atoms with E-state index in [1.165, 1.54) is 13.2 Å². The average molecular weight is 273 g/mol. The van der Waals surface area contributed by atoms with Gasteiger partial charge in [0.2, 0.25) is 0 Å². The third-order valence-electron chi connectivity index (χ3n) is 2.77. The number of esters is 1. The Kier molecular flexibility index (Phi) is 3.63. The second-order valence-corrected chi connectivity index (χ2v) is 4.25.